The minimum atomic E-state index is -0.0911. The van der Waals surface area contributed by atoms with Crippen LogP contribution in [-0.2, 0) is 17.9 Å². The molecule has 32 heavy (non-hydrogen) atoms. The molecule has 0 spiro atoms. The number of hydrogen-bond donors (Lipinski definition) is 1. The average molecular weight is 475 g/mol. The van der Waals surface area contributed by atoms with Gasteiger partial charge in [-0.1, -0.05) is 46.6 Å². The van der Waals surface area contributed by atoms with Crippen molar-refractivity contribution in [3.05, 3.63) is 64.0 Å². The molecule has 0 bridgehead atoms. The Morgan fingerprint density at radius 2 is 2.12 bits per heavy atom. The molecule has 0 radical (unpaired) electrons. The van der Waals surface area contributed by atoms with Crippen LogP contribution >= 0.6 is 23.2 Å². The molecule has 2 aromatic carbocycles. The lowest BCUT2D eigenvalue weighted by Crippen LogP contribution is -2.42. The van der Waals surface area contributed by atoms with Crippen molar-refractivity contribution >= 4 is 29.1 Å². The van der Waals surface area contributed by atoms with E-state index >= 15 is 0 Å². The fourth-order valence-electron chi connectivity index (χ4n) is 3.88. The standard InChI is InChI=1S/C23H24Cl2N4O3/c1-31-20-7-3-2-5-15(20)12-26-23(30)16-6-4-10-29(13-16)14-21-27-22(28-32-21)18-9-8-17(24)11-19(18)25/h2-3,5,7-9,11,16H,4,6,10,12-14H2,1H3,(H,26,30). The molecule has 1 aliphatic rings. The Kier molecular flexibility index (Phi) is 7.29. The third-order valence-corrected chi connectivity index (χ3v) is 6.07. The molecule has 0 aliphatic carbocycles. The second-order valence-corrected chi connectivity index (χ2v) is 8.58. The summed E-state index contributed by atoms with van der Waals surface area (Å²) in [6, 6.07) is 12.8. The van der Waals surface area contributed by atoms with Gasteiger partial charge < -0.3 is 14.6 Å². The molecule has 1 N–H and O–H groups in total. The maximum atomic E-state index is 12.8. The molecule has 1 aromatic heterocycles. The van der Waals surface area contributed by atoms with Crippen molar-refractivity contribution in [1.29, 1.82) is 0 Å². The third-order valence-electron chi connectivity index (χ3n) is 5.52. The highest BCUT2D eigenvalue weighted by Gasteiger charge is 2.27. The number of hydrogen-bond acceptors (Lipinski definition) is 6. The number of likely N-dealkylation sites (tertiary alicyclic amines) is 1. The van der Waals surface area contributed by atoms with Crippen molar-refractivity contribution < 1.29 is 14.1 Å². The lowest BCUT2D eigenvalue weighted by molar-refractivity contribution is -0.127. The molecule has 1 saturated heterocycles. The highest BCUT2D eigenvalue weighted by molar-refractivity contribution is 6.36. The van der Waals surface area contributed by atoms with E-state index in [9.17, 15) is 4.79 Å². The van der Waals surface area contributed by atoms with Crippen molar-refractivity contribution in [2.75, 3.05) is 20.2 Å². The van der Waals surface area contributed by atoms with Gasteiger partial charge in [-0.05, 0) is 43.7 Å². The van der Waals surface area contributed by atoms with Gasteiger partial charge in [0.25, 0.3) is 0 Å². The summed E-state index contributed by atoms with van der Waals surface area (Å²) in [5.41, 5.74) is 1.62. The van der Waals surface area contributed by atoms with Gasteiger partial charge in [0, 0.05) is 29.2 Å². The molecular formula is C23H24Cl2N4O3. The number of piperidine rings is 1. The molecule has 1 amide bonds. The first-order chi connectivity index (χ1) is 15.5. The Bertz CT molecular complexity index is 1090. The van der Waals surface area contributed by atoms with Crippen LogP contribution in [0.15, 0.2) is 47.0 Å². The minimum absolute atomic E-state index is 0.0415. The number of aromatic nitrogens is 2. The van der Waals surface area contributed by atoms with Gasteiger partial charge in [-0.25, -0.2) is 0 Å². The van der Waals surface area contributed by atoms with E-state index in [-0.39, 0.29) is 11.8 Å². The fraction of sp³-hybridized carbons (Fsp3) is 0.348. The van der Waals surface area contributed by atoms with Crippen LogP contribution in [0.4, 0.5) is 0 Å². The summed E-state index contributed by atoms with van der Waals surface area (Å²) in [6.45, 7) is 2.43. The Morgan fingerprint density at radius 3 is 2.94 bits per heavy atom. The number of para-hydroxylation sites is 1. The van der Waals surface area contributed by atoms with Gasteiger partial charge in [0.1, 0.15) is 5.75 Å². The van der Waals surface area contributed by atoms with Gasteiger partial charge in [-0.15, -0.1) is 0 Å². The van der Waals surface area contributed by atoms with Gasteiger partial charge in [0.05, 0.1) is 24.6 Å². The summed E-state index contributed by atoms with van der Waals surface area (Å²) in [4.78, 5) is 19.4. The Hall–Kier alpha value is -2.61. The van der Waals surface area contributed by atoms with Crippen molar-refractivity contribution in [2.45, 2.75) is 25.9 Å². The molecule has 1 fully saturated rings. The fourth-order valence-corrected chi connectivity index (χ4v) is 4.37. The van der Waals surface area contributed by atoms with Crippen molar-refractivity contribution in [3.63, 3.8) is 0 Å². The average Bonchev–Trinajstić information content (AvgIpc) is 3.25. The van der Waals surface area contributed by atoms with E-state index in [2.05, 4.69) is 20.4 Å². The molecule has 3 aromatic rings. The molecule has 0 saturated carbocycles. The number of carbonyl (C=O) groups is 1. The van der Waals surface area contributed by atoms with Gasteiger partial charge >= 0.3 is 0 Å². The molecule has 4 rings (SSSR count). The number of nitrogens with zero attached hydrogens (tertiary/aromatic N) is 3. The zero-order valence-corrected chi connectivity index (χ0v) is 19.2. The summed E-state index contributed by atoms with van der Waals surface area (Å²) in [6.07, 6.45) is 1.78. The number of amides is 1. The van der Waals surface area contributed by atoms with Gasteiger partial charge in [0.15, 0.2) is 0 Å². The van der Waals surface area contributed by atoms with E-state index in [1.54, 1.807) is 25.3 Å². The maximum absolute atomic E-state index is 12.8. The SMILES string of the molecule is COc1ccccc1CNC(=O)C1CCCN(Cc2nc(-c3ccc(Cl)cc3Cl)no2)C1. The van der Waals surface area contributed by atoms with Crippen LogP contribution in [0.25, 0.3) is 11.4 Å². The molecule has 168 valence electrons. The first kappa shape index (κ1) is 22.6. The van der Waals surface area contributed by atoms with Crippen LogP contribution in [0.5, 0.6) is 5.75 Å². The first-order valence-electron chi connectivity index (χ1n) is 10.4. The molecule has 7 nitrogen and oxygen atoms in total. The molecular weight excluding hydrogens is 451 g/mol. The van der Waals surface area contributed by atoms with Crippen LogP contribution in [0.1, 0.15) is 24.3 Å². The Labute approximate surface area is 196 Å². The number of nitrogens with one attached hydrogen (secondary N) is 1. The second-order valence-electron chi connectivity index (χ2n) is 7.74. The summed E-state index contributed by atoms with van der Waals surface area (Å²) in [5.74, 6) is 1.63. The van der Waals surface area contributed by atoms with Gasteiger partial charge in [-0.3, -0.25) is 9.69 Å². The van der Waals surface area contributed by atoms with E-state index in [4.69, 9.17) is 32.5 Å². The largest absolute Gasteiger partial charge is 0.496 e. The number of methoxy groups -OCH3 is 1. The van der Waals surface area contributed by atoms with Crippen LogP contribution in [0.2, 0.25) is 10.0 Å². The molecule has 2 heterocycles. The normalized spacial score (nSPS) is 16.7. The van der Waals surface area contributed by atoms with E-state index in [0.29, 0.717) is 47.0 Å². The Morgan fingerprint density at radius 1 is 1.28 bits per heavy atom. The highest BCUT2D eigenvalue weighted by atomic mass is 35.5. The summed E-state index contributed by atoms with van der Waals surface area (Å²) >= 11 is 12.2. The van der Waals surface area contributed by atoms with Crippen LogP contribution in [0.3, 0.4) is 0 Å². The van der Waals surface area contributed by atoms with E-state index in [1.807, 2.05) is 24.3 Å². The third kappa shape index (κ3) is 5.41. The van der Waals surface area contributed by atoms with Crippen molar-refractivity contribution in [2.24, 2.45) is 5.92 Å². The van der Waals surface area contributed by atoms with Crippen LogP contribution < -0.4 is 10.1 Å². The van der Waals surface area contributed by atoms with Crippen molar-refractivity contribution in [1.82, 2.24) is 20.4 Å². The zero-order chi connectivity index (χ0) is 22.5. The minimum Gasteiger partial charge on any atom is -0.496 e. The summed E-state index contributed by atoms with van der Waals surface area (Å²) in [7, 11) is 1.63. The molecule has 1 unspecified atom stereocenters. The van der Waals surface area contributed by atoms with E-state index in [1.165, 1.54) is 0 Å². The molecule has 1 aliphatic heterocycles. The number of halogens is 2. The first-order valence-corrected chi connectivity index (χ1v) is 11.2. The predicted octanol–water partition coefficient (Wildman–Crippen LogP) is 4.58. The Balaban J connectivity index is 1.34. The topological polar surface area (TPSA) is 80.5 Å². The smallest absolute Gasteiger partial charge is 0.241 e. The monoisotopic (exact) mass is 474 g/mol. The number of ether oxygens (including phenoxy) is 1. The number of benzene rings is 2. The maximum Gasteiger partial charge on any atom is 0.241 e. The van der Waals surface area contributed by atoms with Crippen LogP contribution in [0, 0.1) is 5.92 Å². The molecule has 9 heteroatoms. The summed E-state index contributed by atoms with van der Waals surface area (Å²) < 4.78 is 10.8. The van der Waals surface area contributed by atoms with Crippen LogP contribution in [-0.4, -0.2) is 41.1 Å². The van der Waals surface area contributed by atoms with Gasteiger partial charge in [0.2, 0.25) is 17.6 Å². The quantitative estimate of drug-likeness (QED) is 0.539. The van der Waals surface area contributed by atoms with E-state index in [0.717, 1.165) is 30.7 Å². The second kappa shape index (κ2) is 10.3. The zero-order valence-electron chi connectivity index (χ0n) is 17.7. The predicted molar refractivity (Wildman–Crippen MR) is 123 cm³/mol. The lowest BCUT2D eigenvalue weighted by atomic mass is 9.97. The lowest BCUT2D eigenvalue weighted by Gasteiger charge is -2.30. The van der Waals surface area contributed by atoms with Crippen molar-refractivity contribution in [3.8, 4) is 17.1 Å². The number of carbonyl (C=O) groups excluding carboxylic acids is 1. The molecule has 1 atom stereocenters. The van der Waals surface area contributed by atoms with E-state index < -0.39 is 0 Å². The van der Waals surface area contributed by atoms with Gasteiger partial charge in [-0.2, -0.15) is 4.98 Å². The number of rotatable bonds is 7. The summed E-state index contributed by atoms with van der Waals surface area (Å²) in [5, 5.41) is 8.10. The highest BCUT2D eigenvalue weighted by Crippen LogP contribution is 2.29.